The fourth-order valence-electron chi connectivity index (χ4n) is 2.93. The largest absolute Gasteiger partial charge is 0.272 e. The number of non-ortho nitro benzene ring substituents is 1. The van der Waals surface area contributed by atoms with Crippen LogP contribution >= 0.6 is 23.4 Å². The molecule has 0 bridgehead atoms. The molecule has 0 spiro atoms. The van der Waals surface area contributed by atoms with Crippen LogP contribution in [0.15, 0.2) is 83.3 Å². The van der Waals surface area contributed by atoms with Gasteiger partial charge in [-0.1, -0.05) is 35.5 Å². The lowest BCUT2D eigenvalue weighted by atomic mass is 10.2. The highest BCUT2D eigenvalue weighted by Crippen LogP contribution is 2.28. The molecule has 0 atom stereocenters. The van der Waals surface area contributed by atoms with E-state index in [1.165, 1.54) is 30.1 Å². The first-order valence-electron chi connectivity index (χ1n) is 9.82. The summed E-state index contributed by atoms with van der Waals surface area (Å²) in [6.45, 7) is 0. The Morgan fingerprint density at radius 2 is 1.91 bits per heavy atom. The van der Waals surface area contributed by atoms with Crippen molar-refractivity contribution in [1.29, 1.82) is 0 Å². The standard InChI is InChI=1S/C22H16ClN7O3S/c23-17-4-6-18(7-5-17)29-21(16-8-10-24-11-9-16)27-28-22(29)34-14-20(31)26-25-13-15-2-1-3-19(12-15)30(32)33/h1-13H,14H2,(H,26,31)/b25-13-. The molecule has 12 heteroatoms. The lowest BCUT2D eigenvalue weighted by Gasteiger charge is -2.10. The van der Waals surface area contributed by atoms with E-state index in [0.717, 1.165) is 11.3 Å². The number of thioether (sulfide) groups is 1. The van der Waals surface area contributed by atoms with E-state index in [0.29, 0.717) is 21.6 Å². The maximum absolute atomic E-state index is 12.3. The molecule has 2 aromatic heterocycles. The summed E-state index contributed by atoms with van der Waals surface area (Å²) >= 11 is 7.22. The van der Waals surface area contributed by atoms with E-state index in [-0.39, 0.29) is 17.3 Å². The molecular weight excluding hydrogens is 478 g/mol. The predicted octanol–water partition coefficient (Wildman–Crippen LogP) is 4.13. The number of carbonyl (C=O) groups excluding carboxylic acids is 1. The molecule has 0 fully saturated rings. The molecule has 2 aromatic carbocycles. The van der Waals surface area contributed by atoms with Crippen molar-refractivity contribution in [2.24, 2.45) is 5.10 Å². The van der Waals surface area contributed by atoms with Crippen LogP contribution in [0, 0.1) is 10.1 Å². The maximum atomic E-state index is 12.3. The zero-order valence-corrected chi connectivity index (χ0v) is 19.0. The third kappa shape index (κ3) is 5.63. The Bertz CT molecular complexity index is 1340. The number of nitrogens with one attached hydrogen (secondary N) is 1. The average molecular weight is 494 g/mol. The summed E-state index contributed by atoms with van der Waals surface area (Å²) in [5, 5.41) is 24.4. The van der Waals surface area contributed by atoms with Gasteiger partial charge in [0.2, 0.25) is 0 Å². The van der Waals surface area contributed by atoms with E-state index in [2.05, 4.69) is 25.7 Å². The van der Waals surface area contributed by atoms with Crippen LogP contribution in [0.25, 0.3) is 17.1 Å². The molecule has 170 valence electrons. The molecule has 0 saturated heterocycles. The van der Waals surface area contributed by atoms with Crippen molar-refractivity contribution >= 4 is 41.2 Å². The van der Waals surface area contributed by atoms with Crippen molar-refractivity contribution in [3.63, 3.8) is 0 Å². The van der Waals surface area contributed by atoms with Crippen LogP contribution in [-0.2, 0) is 4.79 Å². The van der Waals surface area contributed by atoms with Gasteiger partial charge in [-0.3, -0.25) is 24.5 Å². The first kappa shape index (κ1) is 23.1. The lowest BCUT2D eigenvalue weighted by molar-refractivity contribution is -0.384. The number of halogens is 1. The number of hydrogen-bond acceptors (Lipinski definition) is 8. The molecule has 0 saturated carbocycles. The summed E-state index contributed by atoms with van der Waals surface area (Å²) in [4.78, 5) is 26.7. The minimum absolute atomic E-state index is 0.0222. The molecule has 1 amide bonds. The van der Waals surface area contributed by atoms with Crippen molar-refractivity contribution in [3.05, 3.63) is 93.8 Å². The fourth-order valence-corrected chi connectivity index (χ4v) is 3.80. The second-order valence-electron chi connectivity index (χ2n) is 6.79. The Morgan fingerprint density at radius 1 is 1.15 bits per heavy atom. The van der Waals surface area contributed by atoms with E-state index in [9.17, 15) is 14.9 Å². The van der Waals surface area contributed by atoms with Crippen LogP contribution in [0.4, 0.5) is 5.69 Å². The molecule has 10 nitrogen and oxygen atoms in total. The zero-order chi connectivity index (χ0) is 23.9. The second-order valence-corrected chi connectivity index (χ2v) is 8.17. The van der Waals surface area contributed by atoms with Gasteiger partial charge < -0.3 is 0 Å². The number of benzene rings is 2. The number of nitrogens with zero attached hydrogens (tertiary/aromatic N) is 6. The lowest BCUT2D eigenvalue weighted by Crippen LogP contribution is -2.20. The number of pyridine rings is 1. The number of carbonyl (C=O) groups is 1. The number of aromatic nitrogens is 4. The van der Waals surface area contributed by atoms with Gasteiger partial charge in [0.1, 0.15) is 0 Å². The third-order valence-corrected chi connectivity index (χ3v) is 5.65. The number of rotatable bonds is 8. The van der Waals surface area contributed by atoms with Crippen molar-refractivity contribution < 1.29 is 9.72 Å². The Kier molecular flexibility index (Phi) is 7.25. The van der Waals surface area contributed by atoms with Crippen LogP contribution in [0.1, 0.15) is 5.56 Å². The van der Waals surface area contributed by atoms with Gasteiger partial charge in [0.05, 0.1) is 16.9 Å². The number of nitro groups is 1. The van der Waals surface area contributed by atoms with Gasteiger partial charge in [-0.25, -0.2) is 5.43 Å². The van der Waals surface area contributed by atoms with E-state index in [1.54, 1.807) is 36.7 Å². The Morgan fingerprint density at radius 3 is 2.65 bits per heavy atom. The van der Waals surface area contributed by atoms with Gasteiger partial charge >= 0.3 is 0 Å². The smallest absolute Gasteiger partial charge is 0.270 e. The van der Waals surface area contributed by atoms with Gasteiger partial charge in [-0.05, 0) is 36.4 Å². The normalized spacial score (nSPS) is 11.0. The van der Waals surface area contributed by atoms with Crippen molar-refractivity contribution in [2.75, 3.05) is 5.75 Å². The third-order valence-electron chi connectivity index (χ3n) is 4.47. The van der Waals surface area contributed by atoms with Crippen LogP contribution in [-0.4, -0.2) is 42.5 Å². The SMILES string of the molecule is O=C(CSc1nnc(-c2ccncc2)n1-c1ccc(Cl)cc1)N/N=C\c1cccc([N+](=O)[O-])c1. The first-order valence-corrected chi connectivity index (χ1v) is 11.2. The number of hydrazone groups is 1. The Labute approximate surface area is 202 Å². The molecule has 0 unspecified atom stereocenters. The van der Waals surface area contributed by atoms with Crippen LogP contribution in [0.5, 0.6) is 0 Å². The predicted molar refractivity (Wildman–Crippen MR) is 129 cm³/mol. The van der Waals surface area contributed by atoms with Gasteiger partial charge in [-0.2, -0.15) is 5.10 Å². The molecule has 4 aromatic rings. The summed E-state index contributed by atoms with van der Waals surface area (Å²) in [6, 6.07) is 16.8. The second kappa shape index (κ2) is 10.7. The molecular formula is C22H16ClN7O3S. The summed E-state index contributed by atoms with van der Waals surface area (Å²) < 4.78 is 1.83. The zero-order valence-electron chi connectivity index (χ0n) is 17.4. The summed E-state index contributed by atoms with van der Waals surface area (Å²) in [6.07, 6.45) is 4.67. The molecule has 0 radical (unpaired) electrons. The van der Waals surface area contributed by atoms with Gasteiger partial charge in [0, 0.05) is 46.4 Å². The quantitative estimate of drug-likeness (QED) is 0.169. The first-order chi connectivity index (χ1) is 16.5. The molecule has 0 aliphatic heterocycles. The van der Waals surface area contributed by atoms with Crippen LogP contribution < -0.4 is 5.43 Å². The molecule has 0 aliphatic rings. The number of amides is 1. The van der Waals surface area contributed by atoms with E-state index in [4.69, 9.17) is 11.6 Å². The van der Waals surface area contributed by atoms with Gasteiger partial charge in [-0.15, -0.1) is 10.2 Å². The topological polar surface area (TPSA) is 128 Å². The number of nitro benzene ring substituents is 1. The maximum Gasteiger partial charge on any atom is 0.270 e. The van der Waals surface area contributed by atoms with Crippen molar-refractivity contribution in [1.82, 2.24) is 25.2 Å². The van der Waals surface area contributed by atoms with Gasteiger partial charge in [0.15, 0.2) is 11.0 Å². The minimum atomic E-state index is -0.496. The van der Waals surface area contributed by atoms with Gasteiger partial charge in [0.25, 0.3) is 11.6 Å². The summed E-state index contributed by atoms with van der Waals surface area (Å²) in [5.74, 6) is 0.244. The molecule has 34 heavy (non-hydrogen) atoms. The van der Waals surface area contributed by atoms with E-state index >= 15 is 0 Å². The van der Waals surface area contributed by atoms with E-state index < -0.39 is 4.92 Å². The van der Waals surface area contributed by atoms with Crippen LogP contribution in [0.3, 0.4) is 0 Å². The minimum Gasteiger partial charge on any atom is -0.272 e. The Hall–Kier alpha value is -4.09. The highest BCUT2D eigenvalue weighted by molar-refractivity contribution is 7.99. The highest BCUT2D eigenvalue weighted by Gasteiger charge is 2.17. The van der Waals surface area contributed by atoms with Crippen molar-refractivity contribution in [2.45, 2.75) is 5.16 Å². The summed E-state index contributed by atoms with van der Waals surface area (Å²) in [7, 11) is 0. The summed E-state index contributed by atoms with van der Waals surface area (Å²) in [5.41, 5.74) is 4.45. The molecule has 2 heterocycles. The van der Waals surface area contributed by atoms with Crippen molar-refractivity contribution in [3.8, 4) is 17.1 Å². The molecule has 0 aliphatic carbocycles. The monoisotopic (exact) mass is 493 g/mol. The molecule has 1 N–H and O–H groups in total. The Balaban J connectivity index is 1.48. The number of hydrogen-bond donors (Lipinski definition) is 1. The van der Waals surface area contributed by atoms with Crippen LogP contribution in [0.2, 0.25) is 5.02 Å². The molecule has 4 rings (SSSR count). The average Bonchev–Trinajstić information content (AvgIpc) is 3.28. The van der Waals surface area contributed by atoms with E-state index in [1.807, 2.05) is 28.8 Å². The highest BCUT2D eigenvalue weighted by atomic mass is 35.5. The fraction of sp³-hybridized carbons (Fsp3) is 0.0455.